The van der Waals surface area contributed by atoms with Gasteiger partial charge in [-0.25, -0.2) is 0 Å². The molecule has 0 amide bonds. The second kappa shape index (κ2) is 5.54. The van der Waals surface area contributed by atoms with Gasteiger partial charge in [-0.1, -0.05) is 23.4 Å². The van der Waals surface area contributed by atoms with Crippen LogP contribution in [0.3, 0.4) is 0 Å². The second-order valence-electron chi connectivity index (χ2n) is 2.37. The van der Waals surface area contributed by atoms with Crippen molar-refractivity contribution in [1.82, 2.24) is 0 Å². The van der Waals surface area contributed by atoms with Gasteiger partial charge in [0, 0.05) is 22.3 Å². The summed E-state index contributed by atoms with van der Waals surface area (Å²) in [7, 11) is 0. The molecular weight excluding hydrogens is 271 g/mol. The van der Waals surface area contributed by atoms with Crippen molar-refractivity contribution < 1.29 is 0 Å². The molecule has 1 aromatic rings. The lowest BCUT2D eigenvalue weighted by molar-refractivity contribution is 1.29. The minimum atomic E-state index is 0.567. The molecule has 0 saturated heterocycles. The first-order valence-electron chi connectivity index (χ1n) is 3.74. The summed E-state index contributed by atoms with van der Waals surface area (Å²) < 4.78 is 0.886. The van der Waals surface area contributed by atoms with Gasteiger partial charge in [-0.2, -0.15) is 0 Å². The number of hydrogen-bond acceptors (Lipinski definition) is 0. The summed E-state index contributed by atoms with van der Waals surface area (Å²) in [6.45, 7) is 0. The average molecular weight is 278 g/mol. The first-order valence-corrected chi connectivity index (χ1v) is 5.44. The molecule has 0 aromatic heterocycles. The molecule has 0 heterocycles. The number of hydrogen-bond donors (Lipinski definition) is 0. The third-order valence-corrected chi connectivity index (χ3v) is 2.79. The molecule has 0 aliphatic rings. The van der Waals surface area contributed by atoms with E-state index in [0.717, 1.165) is 10.0 Å². The summed E-state index contributed by atoms with van der Waals surface area (Å²) in [5.74, 6) is 6.48. The van der Waals surface area contributed by atoms with E-state index in [1.165, 1.54) is 0 Å². The Morgan fingerprint density at radius 3 is 2.77 bits per heavy atom. The van der Waals surface area contributed by atoms with Crippen LogP contribution in [0.5, 0.6) is 0 Å². The molecule has 0 nitrogen and oxygen atoms in total. The molecule has 0 N–H and O–H groups in total. The third kappa shape index (κ3) is 3.60. The minimum absolute atomic E-state index is 0.567. The van der Waals surface area contributed by atoms with Crippen LogP contribution in [0.2, 0.25) is 5.02 Å². The second-order valence-corrected chi connectivity index (χ2v) is 4.01. The van der Waals surface area contributed by atoms with E-state index in [1.807, 2.05) is 18.2 Å². The Balaban J connectivity index is 2.81. The van der Waals surface area contributed by atoms with Crippen molar-refractivity contribution in [3.05, 3.63) is 33.3 Å². The highest BCUT2D eigenvalue weighted by Crippen LogP contribution is 2.22. The maximum Gasteiger partial charge on any atom is 0.0560 e. The Morgan fingerprint density at radius 1 is 1.38 bits per heavy atom. The lowest BCUT2D eigenvalue weighted by Crippen LogP contribution is -1.76. The van der Waals surface area contributed by atoms with Gasteiger partial charge in [-0.05, 0) is 34.1 Å². The summed E-state index contributed by atoms with van der Waals surface area (Å²) in [5.41, 5.74) is 0.915. The Morgan fingerprint density at radius 2 is 2.15 bits per heavy atom. The van der Waals surface area contributed by atoms with Crippen LogP contribution >= 0.6 is 39.1 Å². The first-order chi connectivity index (χ1) is 6.24. The van der Waals surface area contributed by atoms with Crippen LogP contribution in [0.4, 0.5) is 0 Å². The fraction of sp³-hybridized carbons (Fsp3) is 0.200. The Labute approximate surface area is 96.4 Å². The maximum absolute atomic E-state index is 5.89. The number of benzene rings is 1. The Hall–Kier alpha value is -0.160. The zero-order chi connectivity index (χ0) is 9.68. The molecule has 0 radical (unpaired) electrons. The van der Waals surface area contributed by atoms with Gasteiger partial charge in [0.2, 0.25) is 0 Å². The maximum atomic E-state index is 5.89. The monoisotopic (exact) mass is 276 g/mol. The fourth-order valence-corrected chi connectivity index (χ4v) is 1.31. The normalized spacial score (nSPS) is 9.15. The molecule has 0 aliphatic heterocycles. The van der Waals surface area contributed by atoms with E-state index in [4.69, 9.17) is 23.2 Å². The van der Waals surface area contributed by atoms with Gasteiger partial charge in [-0.3, -0.25) is 0 Å². The SMILES string of the molecule is ClCCC#Cc1ccc(Br)c(Cl)c1. The zero-order valence-electron chi connectivity index (χ0n) is 6.78. The predicted molar refractivity (Wildman–Crippen MR) is 61.4 cm³/mol. The van der Waals surface area contributed by atoms with E-state index in [0.29, 0.717) is 17.3 Å². The highest BCUT2D eigenvalue weighted by atomic mass is 79.9. The third-order valence-electron chi connectivity index (χ3n) is 1.37. The molecule has 0 spiro atoms. The summed E-state index contributed by atoms with van der Waals surface area (Å²) in [6, 6.07) is 5.62. The van der Waals surface area contributed by atoms with Gasteiger partial charge in [0.1, 0.15) is 0 Å². The van der Waals surface area contributed by atoms with E-state index >= 15 is 0 Å². The van der Waals surface area contributed by atoms with Crippen LogP contribution in [0.1, 0.15) is 12.0 Å². The topological polar surface area (TPSA) is 0 Å². The molecule has 1 rings (SSSR count). The number of halogens is 3. The van der Waals surface area contributed by atoms with E-state index in [2.05, 4.69) is 27.8 Å². The summed E-state index contributed by atoms with van der Waals surface area (Å²) in [6.07, 6.45) is 0.704. The van der Waals surface area contributed by atoms with E-state index < -0.39 is 0 Å². The molecule has 0 fully saturated rings. The smallest absolute Gasteiger partial charge is 0.0560 e. The van der Waals surface area contributed by atoms with Gasteiger partial charge in [0.05, 0.1) is 5.02 Å². The molecule has 1 aromatic carbocycles. The highest BCUT2D eigenvalue weighted by molar-refractivity contribution is 9.10. The molecule has 0 saturated carbocycles. The van der Waals surface area contributed by atoms with E-state index in [9.17, 15) is 0 Å². The van der Waals surface area contributed by atoms with Gasteiger partial charge in [0.25, 0.3) is 0 Å². The standard InChI is InChI=1S/C10H7BrCl2/c11-9-5-4-8(7-10(9)13)3-1-2-6-12/h4-5,7H,2,6H2. The molecule has 13 heavy (non-hydrogen) atoms. The largest absolute Gasteiger partial charge is 0.126 e. The van der Waals surface area contributed by atoms with Crippen molar-refractivity contribution in [2.45, 2.75) is 6.42 Å². The van der Waals surface area contributed by atoms with Crippen LogP contribution in [0.25, 0.3) is 0 Å². The summed E-state index contributed by atoms with van der Waals surface area (Å²) in [4.78, 5) is 0. The molecule has 0 aliphatic carbocycles. The van der Waals surface area contributed by atoms with Crippen LogP contribution in [-0.2, 0) is 0 Å². The van der Waals surface area contributed by atoms with Gasteiger partial charge in [0.15, 0.2) is 0 Å². The van der Waals surface area contributed by atoms with Crippen LogP contribution < -0.4 is 0 Å². The minimum Gasteiger partial charge on any atom is -0.126 e. The lowest BCUT2D eigenvalue weighted by atomic mass is 10.2. The average Bonchev–Trinajstić information content (AvgIpc) is 2.12. The van der Waals surface area contributed by atoms with Crippen molar-refractivity contribution in [2.24, 2.45) is 0 Å². The van der Waals surface area contributed by atoms with Crippen LogP contribution in [0.15, 0.2) is 22.7 Å². The van der Waals surface area contributed by atoms with E-state index in [-0.39, 0.29) is 0 Å². The molecule has 0 unspecified atom stereocenters. The van der Waals surface area contributed by atoms with Crippen LogP contribution in [-0.4, -0.2) is 5.88 Å². The lowest BCUT2D eigenvalue weighted by Gasteiger charge is -1.94. The fourth-order valence-electron chi connectivity index (χ4n) is 0.786. The Kier molecular flexibility index (Phi) is 4.66. The van der Waals surface area contributed by atoms with Crippen molar-refractivity contribution in [3.8, 4) is 11.8 Å². The molecule has 0 bridgehead atoms. The Bertz CT molecular complexity index is 350. The summed E-state index contributed by atoms with van der Waals surface area (Å²) in [5, 5.41) is 0.678. The van der Waals surface area contributed by atoms with Gasteiger partial charge in [-0.15, -0.1) is 11.6 Å². The van der Waals surface area contributed by atoms with E-state index in [1.54, 1.807) is 0 Å². The van der Waals surface area contributed by atoms with Crippen molar-refractivity contribution in [3.63, 3.8) is 0 Å². The van der Waals surface area contributed by atoms with Gasteiger partial charge >= 0.3 is 0 Å². The molecule has 3 heteroatoms. The summed E-state index contributed by atoms with van der Waals surface area (Å²) >= 11 is 14.7. The van der Waals surface area contributed by atoms with Crippen LogP contribution in [0, 0.1) is 11.8 Å². The number of alkyl halides is 1. The molecular formula is C10H7BrCl2. The van der Waals surface area contributed by atoms with Crippen molar-refractivity contribution in [1.29, 1.82) is 0 Å². The van der Waals surface area contributed by atoms with Crippen molar-refractivity contribution >= 4 is 39.1 Å². The van der Waals surface area contributed by atoms with Gasteiger partial charge < -0.3 is 0 Å². The molecule has 68 valence electrons. The highest BCUT2D eigenvalue weighted by Gasteiger charge is 1.95. The zero-order valence-corrected chi connectivity index (χ0v) is 9.88. The van der Waals surface area contributed by atoms with Crippen molar-refractivity contribution in [2.75, 3.05) is 5.88 Å². The number of rotatable bonds is 1. The predicted octanol–water partition coefficient (Wildman–Crippen LogP) is 4.08. The molecule has 0 atom stereocenters. The first kappa shape index (κ1) is 10.9. The quantitative estimate of drug-likeness (QED) is 0.536.